The van der Waals surface area contributed by atoms with E-state index in [2.05, 4.69) is 219 Å². The second kappa shape index (κ2) is 12.5. The number of benzene rings is 9. The number of aryl methyl sites for hydroxylation is 1. The average Bonchev–Trinajstić information content (AvgIpc) is 3.22. The molecule has 9 aromatic carbocycles. The monoisotopic (exact) mass is 692 g/mol. The van der Waals surface area contributed by atoms with Gasteiger partial charge >= 0.3 is 0 Å². The lowest BCUT2D eigenvalue weighted by Crippen LogP contribution is -2.31. The first kappa shape index (κ1) is 32.0. The summed E-state index contributed by atoms with van der Waals surface area (Å²) in [6.07, 6.45) is 0. The van der Waals surface area contributed by atoms with Crippen LogP contribution in [-0.2, 0) is 5.41 Å². The summed E-state index contributed by atoms with van der Waals surface area (Å²) in [5.41, 5.74) is 13.0. The van der Waals surface area contributed by atoms with E-state index < -0.39 is 0 Å². The van der Waals surface area contributed by atoms with Crippen molar-refractivity contribution < 1.29 is 0 Å². The van der Waals surface area contributed by atoms with Gasteiger partial charge in [-0.2, -0.15) is 0 Å². The van der Waals surface area contributed by atoms with Crippen LogP contribution in [0, 0.1) is 6.92 Å². The van der Waals surface area contributed by atoms with Crippen molar-refractivity contribution in [2.24, 2.45) is 0 Å². The molecule has 9 aromatic rings. The Labute approximate surface area is 317 Å². The molecule has 0 N–H and O–H groups in total. The van der Waals surface area contributed by atoms with Gasteiger partial charge in [-0.05, 0) is 122 Å². The van der Waals surface area contributed by atoms with Gasteiger partial charge in [-0.3, -0.25) is 0 Å². The van der Waals surface area contributed by atoms with E-state index in [1.165, 1.54) is 71.5 Å². The molecule has 2 nitrogen and oxygen atoms in total. The van der Waals surface area contributed by atoms with Crippen LogP contribution in [-0.4, -0.2) is 0 Å². The zero-order chi connectivity index (χ0) is 36.4. The molecule has 0 spiro atoms. The van der Waals surface area contributed by atoms with Crippen LogP contribution in [0.25, 0.3) is 43.4 Å². The molecule has 0 saturated carbocycles. The van der Waals surface area contributed by atoms with E-state index in [1.807, 2.05) is 0 Å². The molecule has 0 aromatic heterocycles. The molecule has 1 aliphatic rings. The topological polar surface area (TPSA) is 6.48 Å². The second-order valence-electron chi connectivity index (χ2n) is 15.1. The SMILES string of the molecule is Cc1ccc2c(c1)C(C)(C)c1cc(N(c3ccc(-c4ccccc4)cc3)c3ccc4c5ccccc5c5ccccc5c4c3)ccc1N2c1ccccc1. The molecule has 54 heavy (non-hydrogen) atoms. The van der Waals surface area contributed by atoms with Gasteiger partial charge in [0.1, 0.15) is 0 Å². The largest absolute Gasteiger partial charge is 0.310 e. The molecule has 10 rings (SSSR count). The molecule has 0 amide bonds. The molecular formula is C52H40N2. The fourth-order valence-corrected chi connectivity index (χ4v) is 8.75. The number of anilines is 6. The maximum atomic E-state index is 2.44. The zero-order valence-electron chi connectivity index (χ0n) is 30.8. The Morgan fingerprint density at radius 1 is 0.389 bits per heavy atom. The molecule has 2 heteroatoms. The Morgan fingerprint density at radius 2 is 0.852 bits per heavy atom. The molecule has 0 aliphatic carbocycles. The van der Waals surface area contributed by atoms with Gasteiger partial charge in [-0.25, -0.2) is 0 Å². The number of hydrogen-bond acceptors (Lipinski definition) is 2. The van der Waals surface area contributed by atoms with Gasteiger partial charge < -0.3 is 9.80 Å². The van der Waals surface area contributed by atoms with Crippen molar-refractivity contribution in [1.82, 2.24) is 0 Å². The minimum absolute atomic E-state index is 0.237. The zero-order valence-corrected chi connectivity index (χ0v) is 30.8. The smallest absolute Gasteiger partial charge is 0.0504 e. The lowest BCUT2D eigenvalue weighted by molar-refractivity contribution is 0.631. The van der Waals surface area contributed by atoms with E-state index in [4.69, 9.17) is 0 Å². The summed E-state index contributed by atoms with van der Waals surface area (Å²) < 4.78 is 0. The van der Waals surface area contributed by atoms with Crippen LogP contribution in [0.15, 0.2) is 188 Å². The third-order valence-corrected chi connectivity index (χ3v) is 11.5. The number of nitrogens with zero attached hydrogens (tertiary/aromatic N) is 2. The first-order valence-electron chi connectivity index (χ1n) is 18.9. The van der Waals surface area contributed by atoms with E-state index in [-0.39, 0.29) is 5.41 Å². The molecule has 0 fully saturated rings. The first-order valence-corrected chi connectivity index (χ1v) is 18.9. The molecule has 0 radical (unpaired) electrons. The number of para-hydroxylation sites is 1. The van der Waals surface area contributed by atoms with Gasteiger partial charge in [0.2, 0.25) is 0 Å². The van der Waals surface area contributed by atoms with E-state index in [1.54, 1.807) is 0 Å². The van der Waals surface area contributed by atoms with Crippen LogP contribution in [0.3, 0.4) is 0 Å². The molecular weight excluding hydrogens is 653 g/mol. The average molecular weight is 693 g/mol. The molecule has 0 atom stereocenters. The number of hydrogen-bond donors (Lipinski definition) is 0. The maximum Gasteiger partial charge on any atom is 0.0504 e. The highest BCUT2D eigenvalue weighted by molar-refractivity contribution is 6.25. The molecule has 0 saturated heterocycles. The first-order chi connectivity index (χ1) is 26.5. The third kappa shape index (κ3) is 5.09. The molecule has 258 valence electrons. The van der Waals surface area contributed by atoms with E-state index in [0.717, 1.165) is 22.7 Å². The second-order valence-corrected chi connectivity index (χ2v) is 15.1. The van der Waals surface area contributed by atoms with Crippen molar-refractivity contribution in [2.75, 3.05) is 9.80 Å². The van der Waals surface area contributed by atoms with Crippen LogP contribution < -0.4 is 9.80 Å². The normalized spacial score (nSPS) is 13.2. The number of fused-ring (bicyclic) bond motifs is 8. The minimum Gasteiger partial charge on any atom is -0.310 e. The van der Waals surface area contributed by atoms with Crippen molar-refractivity contribution in [3.8, 4) is 11.1 Å². The van der Waals surface area contributed by atoms with Crippen LogP contribution >= 0.6 is 0 Å². The fourth-order valence-electron chi connectivity index (χ4n) is 8.75. The lowest BCUT2D eigenvalue weighted by atomic mass is 9.73. The predicted molar refractivity (Wildman–Crippen MR) is 231 cm³/mol. The molecule has 1 heterocycles. The number of rotatable bonds is 5. The van der Waals surface area contributed by atoms with Crippen LogP contribution in [0.2, 0.25) is 0 Å². The van der Waals surface area contributed by atoms with Crippen molar-refractivity contribution in [2.45, 2.75) is 26.2 Å². The van der Waals surface area contributed by atoms with Crippen molar-refractivity contribution in [3.05, 3.63) is 205 Å². The Bertz CT molecular complexity index is 2820. The standard InChI is InChI=1S/C52H40N2/c1-35-22-30-50-48(32-35)52(2,3)49-34-41(28-31-51(49)54(50)38-16-8-5-9-17-38)53(39-25-23-37(24-26-39)36-14-6-4-7-15-36)40-27-29-46-44-20-11-10-18-42(44)43-19-12-13-21-45(43)47(46)33-40/h4-34H,1-3H3. The summed E-state index contributed by atoms with van der Waals surface area (Å²) in [7, 11) is 0. The van der Waals surface area contributed by atoms with E-state index >= 15 is 0 Å². The van der Waals surface area contributed by atoms with Gasteiger partial charge in [-0.15, -0.1) is 0 Å². The van der Waals surface area contributed by atoms with Crippen LogP contribution in [0.5, 0.6) is 0 Å². The van der Waals surface area contributed by atoms with Crippen LogP contribution in [0.4, 0.5) is 34.1 Å². The van der Waals surface area contributed by atoms with Crippen molar-refractivity contribution in [1.29, 1.82) is 0 Å². The van der Waals surface area contributed by atoms with E-state index in [0.29, 0.717) is 0 Å². The van der Waals surface area contributed by atoms with Gasteiger partial charge in [0.25, 0.3) is 0 Å². The van der Waals surface area contributed by atoms with Gasteiger partial charge in [0, 0.05) is 28.2 Å². The molecule has 1 aliphatic heterocycles. The van der Waals surface area contributed by atoms with E-state index in [9.17, 15) is 0 Å². The Morgan fingerprint density at radius 3 is 1.50 bits per heavy atom. The summed E-state index contributed by atoms with van der Waals surface area (Å²) in [5, 5.41) is 7.64. The summed E-state index contributed by atoms with van der Waals surface area (Å²) in [4.78, 5) is 4.87. The summed E-state index contributed by atoms with van der Waals surface area (Å²) in [5.74, 6) is 0. The summed E-state index contributed by atoms with van der Waals surface area (Å²) in [6.45, 7) is 6.95. The van der Waals surface area contributed by atoms with Gasteiger partial charge in [-0.1, -0.05) is 147 Å². The maximum absolute atomic E-state index is 2.44. The quantitative estimate of drug-likeness (QED) is 0.166. The highest BCUT2D eigenvalue weighted by atomic mass is 15.2. The summed E-state index contributed by atoms with van der Waals surface area (Å²) in [6, 6.07) is 69.1. The van der Waals surface area contributed by atoms with Gasteiger partial charge in [0.15, 0.2) is 0 Å². The van der Waals surface area contributed by atoms with Crippen molar-refractivity contribution in [3.63, 3.8) is 0 Å². The molecule has 0 bridgehead atoms. The summed E-state index contributed by atoms with van der Waals surface area (Å²) >= 11 is 0. The highest BCUT2D eigenvalue weighted by Gasteiger charge is 2.37. The molecule has 0 unspecified atom stereocenters. The predicted octanol–water partition coefficient (Wildman–Crippen LogP) is 14.7. The lowest BCUT2D eigenvalue weighted by Gasteiger charge is -2.43. The third-order valence-electron chi connectivity index (χ3n) is 11.5. The van der Waals surface area contributed by atoms with Crippen LogP contribution in [0.1, 0.15) is 30.5 Å². The van der Waals surface area contributed by atoms with Gasteiger partial charge in [0.05, 0.1) is 11.4 Å². The Balaban J connectivity index is 1.21. The highest BCUT2D eigenvalue weighted by Crippen LogP contribution is 2.53. The minimum atomic E-state index is -0.237. The Kier molecular flexibility index (Phi) is 7.42. The Hall–Kier alpha value is -6.64. The van der Waals surface area contributed by atoms with Crippen molar-refractivity contribution >= 4 is 66.4 Å². The fraction of sp³-hybridized carbons (Fsp3) is 0.0769.